The number of rotatable bonds is 4. The molecular weight excluding hydrogens is 296 g/mol. The number of carbonyl (C=O) groups excluding carboxylic acids is 1. The van der Waals surface area contributed by atoms with Gasteiger partial charge in [0.15, 0.2) is 0 Å². The second kappa shape index (κ2) is 6.10. The molecule has 7 nitrogen and oxygen atoms in total. The molecule has 2 aromatic carbocycles. The number of non-ortho nitro benzene ring substituents is 1. The maximum absolute atomic E-state index is 12.4. The van der Waals surface area contributed by atoms with E-state index in [1.165, 1.54) is 30.7 Å². The number of aromatic nitrogens is 2. The van der Waals surface area contributed by atoms with Gasteiger partial charge in [-0.3, -0.25) is 19.5 Å². The first kappa shape index (κ1) is 14.5. The number of anilines is 1. The molecule has 0 aliphatic carbocycles. The van der Waals surface area contributed by atoms with Gasteiger partial charge in [-0.25, -0.2) is 4.98 Å². The van der Waals surface area contributed by atoms with Crippen molar-refractivity contribution in [2.75, 3.05) is 5.32 Å². The van der Waals surface area contributed by atoms with Crippen LogP contribution in [0.25, 0.3) is 5.69 Å². The van der Waals surface area contributed by atoms with Gasteiger partial charge in [0.05, 0.1) is 17.4 Å². The van der Waals surface area contributed by atoms with E-state index in [-0.39, 0.29) is 5.69 Å². The quantitative estimate of drug-likeness (QED) is 0.592. The van der Waals surface area contributed by atoms with Crippen LogP contribution in [0.3, 0.4) is 0 Å². The number of imidazole rings is 1. The molecule has 23 heavy (non-hydrogen) atoms. The van der Waals surface area contributed by atoms with Gasteiger partial charge in [0.25, 0.3) is 11.6 Å². The highest BCUT2D eigenvalue weighted by atomic mass is 16.6. The van der Waals surface area contributed by atoms with Crippen molar-refractivity contribution < 1.29 is 9.72 Å². The van der Waals surface area contributed by atoms with Gasteiger partial charge in [-0.2, -0.15) is 0 Å². The Balaban J connectivity index is 1.87. The molecule has 0 radical (unpaired) electrons. The van der Waals surface area contributed by atoms with Crippen LogP contribution < -0.4 is 5.32 Å². The molecule has 0 fully saturated rings. The van der Waals surface area contributed by atoms with Crippen molar-refractivity contribution in [2.45, 2.75) is 0 Å². The number of amides is 1. The topological polar surface area (TPSA) is 90.1 Å². The predicted molar refractivity (Wildman–Crippen MR) is 84.6 cm³/mol. The van der Waals surface area contributed by atoms with Gasteiger partial charge < -0.3 is 5.32 Å². The molecule has 3 rings (SSSR count). The molecule has 0 unspecified atom stereocenters. The van der Waals surface area contributed by atoms with E-state index in [2.05, 4.69) is 10.3 Å². The first-order chi connectivity index (χ1) is 11.1. The molecule has 1 N–H and O–H groups in total. The van der Waals surface area contributed by atoms with E-state index >= 15 is 0 Å². The van der Waals surface area contributed by atoms with Crippen molar-refractivity contribution >= 4 is 17.3 Å². The van der Waals surface area contributed by atoms with Gasteiger partial charge in [0.2, 0.25) is 0 Å². The smallest absolute Gasteiger partial charge is 0.274 e. The van der Waals surface area contributed by atoms with Gasteiger partial charge in [0.1, 0.15) is 5.69 Å². The summed E-state index contributed by atoms with van der Waals surface area (Å²) in [4.78, 5) is 26.7. The third-order valence-electron chi connectivity index (χ3n) is 3.22. The fourth-order valence-corrected chi connectivity index (χ4v) is 2.15. The van der Waals surface area contributed by atoms with E-state index in [4.69, 9.17) is 0 Å². The Morgan fingerprint density at radius 3 is 2.65 bits per heavy atom. The lowest BCUT2D eigenvalue weighted by Gasteiger charge is -2.08. The van der Waals surface area contributed by atoms with Crippen LogP contribution in [0.15, 0.2) is 67.1 Å². The van der Waals surface area contributed by atoms with E-state index in [9.17, 15) is 14.9 Å². The van der Waals surface area contributed by atoms with E-state index < -0.39 is 10.8 Å². The Hall–Kier alpha value is -3.48. The summed E-state index contributed by atoms with van der Waals surface area (Å²) >= 11 is 0. The Morgan fingerprint density at radius 1 is 1.13 bits per heavy atom. The first-order valence-corrected chi connectivity index (χ1v) is 6.79. The number of nitro groups is 1. The fourth-order valence-electron chi connectivity index (χ4n) is 2.15. The van der Waals surface area contributed by atoms with E-state index in [1.807, 2.05) is 30.3 Å². The van der Waals surface area contributed by atoms with Crippen LogP contribution in [-0.4, -0.2) is 20.4 Å². The second-order valence-corrected chi connectivity index (χ2v) is 4.75. The van der Waals surface area contributed by atoms with Crippen LogP contribution in [-0.2, 0) is 0 Å². The predicted octanol–water partition coefficient (Wildman–Crippen LogP) is 3.03. The lowest BCUT2D eigenvalue weighted by Crippen LogP contribution is -2.16. The number of benzene rings is 2. The number of nitro benzene ring substituents is 1. The molecule has 0 spiro atoms. The zero-order valence-electron chi connectivity index (χ0n) is 11.9. The van der Waals surface area contributed by atoms with Crippen molar-refractivity contribution in [2.24, 2.45) is 0 Å². The molecular formula is C16H12N4O3. The summed E-state index contributed by atoms with van der Waals surface area (Å²) in [7, 11) is 0. The van der Waals surface area contributed by atoms with Crippen molar-refractivity contribution in [3.63, 3.8) is 0 Å². The Kier molecular flexibility index (Phi) is 3.84. The molecule has 0 saturated heterocycles. The number of nitrogens with one attached hydrogen (secondary N) is 1. The minimum absolute atomic E-state index is 0.0839. The second-order valence-electron chi connectivity index (χ2n) is 4.75. The SMILES string of the molecule is O=C(Nc1cccc([N+](=O)[O-])c1)c1cncn1-c1ccccc1. The summed E-state index contributed by atoms with van der Waals surface area (Å²) in [5, 5.41) is 13.4. The Labute approximate surface area is 131 Å². The average molecular weight is 308 g/mol. The van der Waals surface area contributed by atoms with Crippen LogP contribution in [0.1, 0.15) is 10.5 Å². The molecule has 1 heterocycles. The monoisotopic (exact) mass is 308 g/mol. The van der Waals surface area contributed by atoms with Gasteiger partial charge in [-0.05, 0) is 18.2 Å². The van der Waals surface area contributed by atoms with Crippen LogP contribution in [0.4, 0.5) is 11.4 Å². The highest BCUT2D eigenvalue weighted by Gasteiger charge is 2.14. The van der Waals surface area contributed by atoms with E-state index in [0.29, 0.717) is 11.4 Å². The highest BCUT2D eigenvalue weighted by Crippen LogP contribution is 2.18. The van der Waals surface area contributed by atoms with Crippen LogP contribution >= 0.6 is 0 Å². The summed E-state index contributed by atoms with van der Waals surface area (Å²) in [6.45, 7) is 0. The fraction of sp³-hybridized carbons (Fsp3) is 0. The molecule has 0 saturated carbocycles. The largest absolute Gasteiger partial charge is 0.320 e. The third-order valence-corrected chi connectivity index (χ3v) is 3.22. The lowest BCUT2D eigenvalue weighted by molar-refractivity contribution is -0.384. The highest BCUT2D eigenvalue weighted by molar-refractivity contribution is 6.03. The minimum atomic E-state index is -0.510. The van der Waals surface area contributed by atoms with E-state index in [1.54, 1.807) is 10.6 Å². The van der Waals surface area contributed by atoms with Crippen molar-refractivity contribution in [3.05, 3.63) is 82.9 Å². The Morgan fingerprint density at radius 2 is 1.91 bits per heavy atom. The summed E-state index contributed by atoms with van der Waals surface area (Å²) in [5.74, 6) is -0.396. The summed E-state index contributed by atoms with van der Waals surface area (Å²) in [5.41, 5.74) is 1.40. The summed E-state index contributed by atoms with van der Waals surface area (Å²) in [6.07, 6.45) is 2.98. The van der Waals surface area contributed by atoms with Gasteiger partial charge in [-0.15, -0.1) is 0 Å². The molecule has 3 aromatic rings. The third kappa shape index (κ3) is 3.08. The molecule has 1 amide bonds. The van der Waals surface area contributed by atoms with Crippen LogP contribution in [0.2, 0.25) is 0 Å². The molecule has 114 valence electrons. The average Bonchev–Trinajstić information content (AvgIpc) is 3.05. The number of hydrogen-bond acceptors (Lipinski definition) is 4. The van der Waals surface area contributed by atoms with Crippen molar-refractivity contribution in [3.8, 4) is 5.69 Å². The van der Waals surface area contributed by atoms with Crippen molar-refractivity contribution in [1.82, 2.24) is 9.55 Å². The molecule has 7 heteroatoms. The molecule has 0 atom stereocenters. The number of nitrogens with zero attached hydrogens (tertiary/aromatic N) is 3. The van der Waals surface area contributed by atoms with Gasteiger partial charge in [-0.1, -0.05) is 24.3 Å². The summed E-state index contributed by atoms with van der Waals surface area (Å²) in [6, 6.07) is 15.1. The lowest BCUT2D eigenvalue weighted by atomic mass is 10.2. The first-order valence-electron chi connectivity index (χ1n) is 6.79. The standard InChI is InChI=1S/C16H12N4O3/c21-16(18-12-5-4-8-14(9-12)20(22)23)15-10-17-11-19(15)13-6-2-1-3-7-13/h1-11H,(H,18,21). The number of hydrogen-bond donors (Lipinski definition) is 1. The molecule has 0 aliphatic heterocycles. The number of carbonyl (C=O) groups is 1. The number of para-hydroxylation sites is 1. The minimum Gasteiger partial charge on any atom is -0.320 e. The molecule has 1 aromatic heterocycles. The van der Waals surface area contributed by atoms with Gasteiger partial charge >= 0.3 is 0 Å². The van der Waals surface area contributed by atoms with Crippen LogP contribution in [0.5, 0.6) is 0 Å². The zero-order chi connectivity index (χ0) is 16.2. The Bertz CT molecular complexity index is 859. The zero-order valence-corrected chi connectivity index (χ0v) is 11.9. The maximum Gasteiger partial charge on any atom is 0.274 e. The summed E-state index contributed by atoms with van der Waals surface area (Å²) < 4.78 is 1.65. The van der Waals surface area contributed by atoms with Crippen molar-refractivity contribution in [1.29, 1.82) is 0 Å². The molecule has 0 bridgehead atoms. The van der Waals surface area contributed by atoms with Gasteiger partial charge in [0, 0.05) is 23.5 Å². The van der Waals surface area contributed by atoms with Crippen LogP contribution in [0, 0.1) is 10.1 Å². The molecule has 0 aliphatic rings. The normalized spacial score (nSPS) is 10.3. The maximum atomic E-state index is 12.4. The van der Waals surface area contributed by atoms with E-state index in [0.717, 1.165) is 5.69 Å².